The second kappa shape index (κ2) is 8.06. The standard InChI is InChI=1S/C17H18F2N2O4/c18-12-5-3-6-14(16(12)19)24-10-15-21-13(9-25-15)17(22)20-8-11-4-1-2-7-23-11/h3,5-6,9,11H,1-2,4,7-8,10H2,(H,20,22). The molecule has 1 aliphatic rings. The van der Waals surface area contributed by atoms with Gasteiger partial charge in [-0.05, 0) is 31.4 Å². The number of benzene rings is 1. The Labute approximate surface area is 143 Å². The Morgan fingerprint density at radius 2 is 2.24 bits per heavy atom. The third-order valence-corrected chi connectivity index (χ3v) is 3.82. The number of halogens is 2. The lowest BCUT2D eigenvalue weighted by Crippen LogP contribution is -2.35. The minimum absolute atomic E-state index is 0.0170. The van der Waals surface area contributed by atoms with Gasteiger partial charge in [-0.15, -0.1) is 0 Å². The van der Waals surface area contributed by atoms with Gasteiger partial charge in [0.25, 0.3) is 5.91 Å². The van der Waals surface area contributed by atoms with Crippen LogP contribution in [0.1, 0.15) is 35.6 Å². The smallest absolute Gasteiger partial charge is 0.273 e. The van der Waals surface area contributed by atoms with Crippen LogP contribution in [-0.4, -0.2) is 30.1 Å². The Hall–Kier alpha value is -2.48. The van der Waals surface area contributed by atoms with Crippen molar-refractivity contribution in [3.8, 4) is 5.75 Å². The molecule has 134 valence electrons. The number of carbonyl (C=O) groups excluding carboxylic acids is 1. The molecule has 6 nitrogen and oxygen atoms in total. The first-order valence-corrected chi connectivity index (χ1v) is 8.04. The summed E-state index contributed by atoms with van der Waals surface area (Å²) in [5.74, 6) is -2.64. The van der Waals surface area contributed by atoms with Crippen LogP contribution in [0.15, 0.2) is 28.9 Å². The lowest BCUT2D eigenvalue weighted by molar-refractivity contribution is 0.0168. The Balaban J connectivity index is 1.51. The summed E-state index contributed by atoms with van der Waals surface area (Å²) in [7, 11) is 0. The first-order valence-electron chi connectivity index (χ1n) is 8.04. The van der Waals surface area contributed by atoms with Gasteiger partial charge >= 0.3 is 0 Å². The second-order valence-corrected chi connectivity index (χ2v) is 5.67. The first kappa shape index (κ1) is 17.3. The second-order valence-electron chi connectivity index (χ2n) is 5.67. The number of rotatable bonds is 6. The maximum atomic E-state index is 13.5. The topological polar surface area (TPSA) is 73.6 Å². The van der Waals surface area contributed by atoms with E-state index >= 15 is 0 Å². The first-order chi connectivity index (χ1) is 12.1. The highest BCUT2D eigenvalue weighted by molar-refractivity contribution is 5.91. The SMILES string of the molecule is O=C(NCC1CCCCO1)c1coc(COc2cccc(F)c2F)n1. The summed E-state index contributed by atoms with van der Waals surface area (Å²) in [6, 6.07) is 3.61. The summed E-state index contributed by atoms with van der Waals surface area (Å²) in [6.45, 7) is 0.897. The molecule has 3 rings (SSSR count). The van der Waals surface area contributed by atoms with Crippen molar-refractivity contribution < 1.29 is 27.5 Å². The lowest BCUT2D eigenvalue weighted by Gasteiger charge is -2.22. The van der Waals surface area contributed by atoms with Gasteiger partial charge < -0.3 is 19.2 Å². The van der Waals surface area contributed by atoms with E-state index in [1.165, 1.54) is 18.4 Å². The molecule has 1 aliphatic heterocycles. The number of oxazole rings is 1. The minimum Gasteiger partial charge on any atom is -0.481 e. The lowest BCUT2D eigenvalue weighted by atomic mass is 10.1. The largest absolute Gasteiger partial charge is 0.481 e. The molecular weight excluding hydrogens is 334 g/mol. The molecule has 1 amide bonds. The summed E-state index contributed by atoms with van der Waals surface area (Å²) >= 11 is 0. The van der Waals surface area contributed by atoms with Gasteiger partial charge in [-0.1, -0.05) is 6.07 Å². The van der Waals surface area contributed by atoms with E-state index in [4.69, 9.17) is 13.9 Å². The van der Waals surface area contributed by atoms with Crippen molar-refractivity contribution in [2.75, 3.05) is 13.2 Å². The normalized spacial score (nSPS) is 17.3. The maximum absolute atomic E-state index is 13.5. The van der Waals surface area contributed by atoms with Gasteiger partial charge in [0.2, 0.25) is 11.7 Å². The number of aromatic nitrogens is 1. The number of nitrogens with zero attached hydrogens (tertiary/aromatic N) is 1. The molecule has 1 aromatic carbocycles. The van der Waals surface area contributed by atoms with Crippen LogP contribution in [0, 0.1) is 11.6 Å². The third-order valence-electron chi connectivity index (χ3n) is 3.82. The van der Waals surface area contributed by atoms with Crippen molar-refractivity contribution in [2.45, 2.75) is 32.0 Å². The van der Waals surface area contributed by atoms with Gasteiger partial charge in [0.15, 0.2) is 23.9 Å². The fourth-order valence-corrected chi connectivity index (χ4v) is 2.48. The predicted octanol–water partition coefficient (Wildman–Crippen LogP) is 2.83. The molecule has 1 fully saturated rings. The van der Waals surface area contributed by atoms with Crippen molar-refractivity contribution in [3.05, 3.63) is 47.7 Å². The average Bonchev–Trinajstić information content (AvgIpc) is 3.11. The highest BCUT2D eigenvalue weighted by Gasteiger charge is 2.18. The van der Waals surface area contributed by atoms with Crippen LogP contribution in [-0.2, 0) is 11.3 Å². The Morgan fingerprint density at radius 1 is 1.36 bits per heavy atom. The molecule has 0 saturated carbocycles. The molecule has 1 atom stereocenters. The molecule has 8 heteroatoms. The molecular formula is C17H18F2N2O4. The Bertz CT molecular complexity index is 729. The molecule has 0 radical (unpaired) electrons. The third kappa shape index (κ3) is 4.54. The molecule has 0 aliphatic carbocycles. The van der Waals surface area contributed by atoms with Gasteiger partial charge in [-0.3, -0.25) is 4.79 Å². The average molecular weight is 352 g/mol. The molecule has 1 saturated heterocycles. The number of hydrogen-bond donors (Lipinski definition) is 1. The van der Waals surface area contributed by atoms with Crippen molar-refractivity contribution in [1.82, 2.24) is 10.3 Å². The zero-order chi connectivity index (χ0) is 17.6. The van der Waals surface area contributed by atoms with Crippen LogP contribution in [0.5, 0.6) is 5.75 Å². The van der Waals surface area contributed by atoms with E-state index in [1.54, 1.807) is 0 Å². The highest BCUT2D eigenvalue weighted by Crippen LogP contribution is 2.20. The van der Waals surface area contributed by atoms with Crippen molar-refractivity contribution in [2.24, 2.45) is 0 Å². The van der Waals surface area contributed by atoms with E-state index in [0.29, 0.717) is 13.2 Å². The predicted molar refractivity (Wildman–Crippen MR) is 83.1 cm³/mol. The summed E-state index contributed by atoms with van der Waals surface area (Å²) in [5.41, 5.74) is 0.0918. The summed E-state index contributed by atoms with van der Waals surface area (Å²) in [6.07, 6.45) is 4.25. The van der Waals surface area contributed by atoms with E-state index in [2.05, 4.69) is 10.3 Å². The van der Waals surface area contributed by atoms with Crippen LogP contribution < -0.4 is 10.1 Å². The van der Waals surface area contributed by atoms with Crippen LogP contribution in [0.3, 0.4) is 0 Å². The highest BCUT2D eigenvalue weighted by atomic mass is 19.2. The summed E-state index contributed by atoms with van der Waals surface area (Å²) in [5, 5.41) is 2.74. The van der Waals surface area contributed by atoms with Crippen LogP contribution in [0.4, 0.5) is 8.78 Å². The zero-order valence-corrected chi connectivity index (χ0v) is 13.5. The van der Waals surface area contributed by atoms with E-state index in [1.807, 2.05) is 0 Å². The molecule has 1 unspecified atom stereocenters. The van der Waals surface area contributed by atoms with Crippen molar-refractivity contribution in [3.63, 3.8) is 0 Å². The van der Waals surface area contributed by atoms with Gasteiger partial charge in [0, 0.05) is 13.2 Å². The molecule has 1 aromatic heterocycles. The zero-order valence-electron chi connectivity index (χ0n) is 13.5. The number of ether oxygens (including phenoxy) is 2. The van der Waals surface area contributed by atoms with E-state index in [0.717, 1.165) is 25.3 Å². The molecule has 25 heavy (non-hydrogen) atoms. The molecule has 0 bridgehead atoms. The minimum atomic E-state index is -1.08. The summed E-state index contributed by atoms with van der Waals surface area (Å²) < 4.78 is 42.4. The Morgan fingerprint density at radius 3 is 3.04 bits per heavy atom. The monoisotopic (exact) mass is 352 g/mol. The number of carbonyl (C=O) groups is 1. The van der Waals surface area contributed by atoms with Crippen molar-refractivity contribution >= 4 is 5.91 Å². The molecule has 1 N–H and O–H groups in total. The van der Waals surface area contributed by atoms with Gasteiger partial charge in [-0.2, -0.15) is 4.39 Å². The van der Waals surface area contributed by atoms with E-state index in [9.17, 15) is 13.6 Å². The number of hydrogen-bond acceptors (Lipinski definition) is 5. The van der Waals surface area contributed by atoms with Crippen LogP contribution in [0.2, 0.25) is 0 Å². The van der Waals surface area contributed by atoms with Gasteiger partial charge in [0.1, 0.15) is 6.26 Å². The van der Waals surface area contributed by atoms with Gasteiger partial charge in [0.05, 0.1) is 6.10 Å². The van der Waals surface area contributed by atoms with Gasteiger partial charge in [-0.25, -0.2) is 9.37 Å². The molecule has 0 spiro atoms. The Kier molecular flexibility index (Phi) is 5.60. The van der Waals surface area contributed by atoms with Crippen LogP contribution >= 0.6 is 0 Å². The van der Waals surface area contributed by atoms with E-state index < -0.39 is 11.6 Å². The molecule has 2 aromatic rings. The summed E-state index contributed by atoms with van der Waals surface area (Å²) in [4.78, 5) is 16.0. The maximum Gasteiger partial charge on any atom is 0.273 e. The van der Waals surface area contributed by atoms with E-state index in [-0.39, 0.29) is 36.0 Å². The quantitative estimate of drug-likeness (QED) is 0.865. The number of amides is 1. The fourth-order valence-electron chi connectivity index (χ4n) is 2.48. The fraction of sp³-hybridized carbons (Fsp3) is 0.412. The number of nitrogens with one attached hydrogen (secondary N) is 1. The van der Waals surface area contributed by atoms with Crippen LogP contribution in [0.25, 0.3) is 0 Å². The molecule has 2 heterocycles. The van der Waals surface area contributed by atoms with Crippen molar-refractivity contribution in [1.29, 1.82) is 0 Å².